The van der Waals surface area contributed by atoms with Gasteiger partial charge >= 0.3 is 0 Å². The summed E-state index contributed by atoms with van der Waals surface area (Å²) in [7, 11) is -3.51. The second-order valence-electron chi connectivity index (χ2n) is 5.26. The van der Waals surface area contributed by atoms with Gasteiger partial charge in [-0.1, -0.05) is 17.7 Å². The van der Waals surface area contributed by atoms with Crippen molar-refractivity contribution in [2.24, 2.45) is 0 Å². The van der Waals surface area contributed by atoms with Crippen LogP contribution in [0.4, 0.5) is 0 Å². The van der Waals surface area contributed by atoms with E-state index in [1.54, 1.807) is 22.5 Å². The molecular weight excluding hydrogens is 364 g/mol. The zero-order valence-corrected chi connectivity index (χ0v) is 14.0. The lowest BCUT2D eigenvalue weighted by atomic mass is 10.1. The zero-order chi connectivity index (χ0) is 14.3. The lowest BCUT2D eigenvalue weighted by Gasteiger charge is -2.27. The summed E-state index contributed by atoms with van der Waals surface area (Å²) in [5.41, 5.74) is 0. The van der Waals surface area contributed by atoms with Gasteiger partial charge in [-0.05, 0) is 53.9 Å². The van der Waals surface area contributed by atoms with Crippen LogP contribution in [-0.4, -0.2) is 37.9 Å². The summed E-state index contributed by atoms with van der Waals surface area (Å²) >= 11 is 9.35. The fourth-order valence-electron chi connectivity index (χ4n) is 3.13. The standard InChI is InChI=1S/C13H16BrClN2O2S/c14-13-11(15)2-1-3-12(13)20(18,19)17-9-4-5-10(17)8-16-7-6-9/h1-3,9-10,16H,4-8H2. The Balaban J connectivity index is 2.05. The van der Waals surface area contributed by atoms with Crippen LogP contribution in [0.2, 0.25) is 5.02 Å². The molecule has 1 aromatic rings. The Morgan fingerprint density at radius 2 is 2.00 bits per heavy atom. The third-order valence-electron chi connectivity index (χ3n) is 4.06. The molecule has 2 atom stereocenters. The Bertz CT molecular complexity index is 609. The number of hydrogen-bond donors (Lipinski definition) is 1. The van der Waals surface area contributed by atoms with Crippen LogP contribution >= 0.6 is 27.5 Å². The van der Waals surface area contributed by atoms with E-state index in [1.807, 2.05) is 0 Å². The highest BCUT2D eigenvalue weighted by Gasteiger charge is 2.43. The van der Waals surface area contributed by atoms with Crippen LogP contribution in [0.3, 0.4) is 0 Å². The molecule has 2 saturated heterocycles. The molecule has 20 heavy (non-hydrogen) atoms. The van der Waals surface area contributed by atoms with E-state index in [9.17, 15) is 8.42 Å². The second kappa shape index (κ2) is 5.57. The van der Waals surface area contributed by atoms with Crippen LogP contribution in [0.5, 0.6) is 0 Å². The van der Waals surface area contributed by atoms with Crippen LogP contribution in [0.1, 0.15) is 19.3 Å². The highest BCUT2D eigenvalue weighted by molar-refractivity contribution is 9.10. The van der Waals surface area contributed by atoms with Gasteiger partial charge in [0.15, 0.2) is 0 Å². The van der Waals surface area contributed by atoms with E-state index in [-0.39, 0.29) is 17.0 Å². The van der Waals surface area contributed by atoms with E-state index in [1.165, 1.54) is 0 Å². The Labute approximate surface area is 132 Å². The monoisotopic (exact) mass is 378 g/mol. The van der Waals surface area contributed by atoms with Crippen molar-refractivity contribution in [3.8, 4) is 0 Å². The maximum atomic E-state index is 13.0. The van der Waals surface area contributed by atoms with Crippen molar-refractivity contribution in [3.63, 3.8) is 0 Å². The van der Waals surface area contributed by atoms with E-state index in [0.717, 1.165) is 32.4 Å². The molecule has 2 heterocycles. The quantitative estimate of drug-likeness (QED) is 0.859. The first-order chi connectivity index (χ1) is 9.51. The van der Waals surface area contributed by atoms with E-state index >= 15 is 0 Å². The fraction of sp³-hybridized carbons (Fsp3) is 0.538. The number of halogens is 2. The van der Waals surface area contributed by atoms with E-state index < -0.39 is 10.0 Å². The second-order valence-corrected chi connectivity index (χ2v) is 8.28. The molecule has 0 saturated carbocycles. The van der Waals surface area contributed by atoms with E-state index in [2.05, 4.69) is 21.2 Å². The molecule has 0 amide bonds. The van der Waals surface area contributed by atoms with Crippen molar-refractivity contribution in [2.45, 2.75) is 36.2 Å². The van der Waals surface area contributed by atoms with Gasteiger partial charge in [0.25, 0.3) is 0 Å². The van der Waals surface area contributed by atoms with Gasteiger partial charge in [0.2, 0.25) is 10.0 Å². The van der Waals surface area contributed by atoms with Gasteiger partial charge in [-0.25, -0.2) is 8.42 Å². The van der Waals surface area contributed by atoms with Crippen molar-refractivity contribution >= 4 is 37.6 Å². The van der Waals surface area contributed by atoms with E-state index in [0.29, 0.717) is 9.50 Å². The molecule has 4 nitrogen and oxygen atoms in total. The fourth-order valence-corrected chi connectivity index (χ4v) is 6.23. The summed E-state index contributed by atoms with van der Waals surface area (Å²) < 4.78 is 28.1. The minimum Gasteiger partial charge on any atom is -0.315 e. The molecule has 2 unspecified atom stereocenters. The molecule has 1 aromatic carbocycles. The third kappa shape index (κ3) is 2.41. The predicted molar refractivity (Wildman–Crippen MR) is 82.5 cm³/mol. The van der Waals surface area contributed by atoms with Crippen LogP contribution < -0.4 is 5.32 Å². The Morgan fingerprint density at radius 1 is 1.25 bits per heavy atom. The molecule has 2 fully saturated rings. The number of sulfonamides is 1. The molecule has 2 aliphatic heterocycles. The van der Waals surface area contributed by atoms with Crippen molar-refractivity contribution in [1.29, 1.82) is 0 Å². The molecule has 0 radical (unpaired) electrons. The number of fused-ring (bicyclic) bond motifs is 2. The van der Waals surface area contributed by atoms with Crippen LogP contribution in [0.15, 0.2) is 27.6 Å². The Hall–Kier alpha value is -0.140. The number of nitrogens with zero attached hydrogens (tertiary/aromatic N) is 1. The third-order valence-corrected chi connectivity index (χ3v) is 7.77. The predicted octanol–water partition coefficient (Wildman–Crippen LogP) is 2.62. The Kier molecular flexibility index (Phi) is 4.12. The number of rotatable bonds is 2. The van der Waals surface area contributed by atoms with Gasteiger partial charge in [-0.2, -0.15) is 4.31 Å². The van der Waals surface area contributed by atoms with Crippen LogP contribution in [0, 0.1) is 0 Å². The molecule has 0 spiro atoms. The topological polar surface area (TPSA) is 49.4 Å². The molecule has 0 aromatic heterocycles. The molecule has 0 aliphatic carbocycles. The maximum absolute atomic E-state index is 13.0. The smallest absolute Gasteiger partial charge is 0.244 e. The molecule has 3 rings (SSSR count). The number of hydrogen-bond acceptors (Lipinski definition) is 3. The number of benzene rings is 1. The molecule has 2 bridgehead atoms. The van der Waals surface area contributed by atoms with Gasteiger partial charge < -0.3 is 5.32 Å². The van der Waals surface area contributed by atoms with Crippen molar-refractivity contribution in [2.75, 3.05) is 13.1 Å². The summed E-state index contributed by atoms with van der Waals surface area (Å²) in [6.45, 7) is 1.61. The maximum Gasteiger partial charge on any atom is 0.244 e. The van der Waals surface area contributed by atoms with Gasteiger partial charge in [-0.15, -0.1) is 0 Å². The first kappa shape index (κ1) is 14.8. The first-order valence-electron chi connectivity index (χ1n) is 6.70. The molecule has 110 valence electrons. The van der Waals surface area contributed by atoms with E-state index in [4.69, 9.17) is 11.6 Å². The highest BCUT2D eigenvalue weighted by atomic mass is 79.9. The molecule has 2 aliphatic rings. The normalized spacial score (nSPS) is 27.5. The Morgan fingerprint density at radius 3 is 2.80 bits per heavy atom. The average molecular weight is 380 g/mol. The van der Waals surface area contributed by atoms with Gasteiger partial charge in [0.1, 0.15) is 0 Å². The van der Waals surface area contributed by atoms with Crippen molar-refractivity contribution in [3.05, 3.63) is 27.7 Å². The molecule has 1 N–H and O–H groups in total. The minimum absolute atomic E-state index is 0.0541. The SMILES string of the molecule is O=S(=O)(c1cccc(Cl)c1Br)N1C2CCNCC1CC2. The first-order valence-corrected chi connectivity index (χ1v) is 9.31. The minimum atomic E-state index is -3.51. The average Bonchev–Trinajstić information content (AvgIpc) is 2.66. The lowest BCUT2D eigenvalue weighted by molar-refractivity contribution is 0.334. The molecular formula is C13H16BrClN2O2S. The van der Waals surface area contributed by atoms with Gasteiger partial charge in [-0.3, -0.25) is 0 Å². The van der Waals surface area contributed by atoms with Crippen LogP contribution in [0.25, 0.3) is 0 Å². The van der Waals surface area contributed by atoms with Gasteiger partial charge in [0, 0.05) is 18.6 Å². The lowest BCUT2D eigenvalue weighted by Crippen LogP contribution is -2.42. The van der Waals surface area contributed by atoms with Crippen LogP contribution in [-0.2, 0) is 10.0 Å². The summed E-state index contributed by atoms with van der Waals surface area (Å²) in [5, 5.41) is 3.74. The summed E-state index contributed by atoms with van der Waals surface area (Å²) in [6.07, 6.45) is 2.74. The number of nitrogens with one attached hydrogen (secondary N) is 1. The highest BCUT2D eigenvalue weighted by Crippen LogP contribution is 2.37. The molecule has 7 heteroatoms. The zero-order valence-electron chi connectivity index (χ0n) is 10.9. The van der Waals surface area contributed by atoms with Crippen molar-refractivity contribution < 1.29 is 8.42 Å². The largest absolute Gasteiger partial charge is 0.315 e. The summed E-state index contributed by atoms with van der Waals surface area (Å²) in [4.78, 5) is 0.267. The summed E-state index contributed by atoms with van der Waals surface area (Å²) in [5.74, 6) is 0. The van der Waals surface area contributed by atoms with Crippen molar-refractivity contribution in [1.82, 2.24) is 9.62 Å². The van der Waals surface area contributed by atoms with Gasteiger partial charge in [0.05, 0.1) is 14.4 Å². The summed E-state index contributed by atoms with van der Waals surface area (Å²) in [6, 6.07) is 5.13.